The van der Waals surface area contributed by atoms with E-state index >= 15 is 0 Å². The number of hydrogen-bond donors (Lipinski definition) is 2. The minimum Gasteiger partial charge on any atom is -0.493 e. The largest absolute Gasteiger partial charge is 0.493 e. The fourth-order valence-corrected chi connectivity index (χ4v) is 3.86. The van der Waals surface area contributed by atoms with E-state index in [0.717, 1.165) is 37.3 Å². The van der Waals surface area contributed by atoms with Gasteiger partial charge in [0.25, 0.3) is 0 Å². The van der Waals surface area contributed by atoms with Crippen LogP contribution >= 0.6 is 0 Å². The number of methoxy groups -OCH3 is 2. The van der Waals surface area contributed by atoms with Crippen LogP contribution in [0.4, 0.5) is 0 Å². The average Bonchev–Trinajstić information content (AvgIpc) is 3.08. The van der Waals surface area contributed by atoms with Gasteiger partial charge in [-0.25, -0.2) is 0 Å². The summed E-state index contributed by atoms with van der Waals surface area (Å²) in [7, 11) is 3.39. The summed E-state index contributed by atoms with van der Waals surface area (Å²) in [4.78, 5) is 3.37. The minimum atomic E-state index is 0.345. The Morgan fingerprint density at radius 3 is 2.72 bits per heavy atom. The number of aryl methyl sites for hydroxylation is 1. The van der Waals surface area contributed by atoms with Gasteiger partial charge < -0.3 is 19.8 Å². The lowest BCUT2D eigenvalue weighted by Gasteiger charge is -2.28. The molecule has 1 atom stereocenters. The number of hydrogen-bond acceptors (Lipinski definition) is 3. The molecule has 3 aromatic rings. The van der Waals surface area contributed by atoms with Crippen LogP contribution in [-0.2, 0) is 12.8 Å². The molecular weight excluding hydrogens is 312 g/mol. The van der Waals surface area contributed by atoms with Crippen LogP contribution in [-0.4, -0.2) is 25.7 Å². The molecule has 25 heavy (non-hydrogen) atoms. The molecule has 2 N–H and O–H groups in total. The monoisotopic (exact) mass is 336 g/mol. The quantitative estimate of drug-likeness (QED) is 0.740. The number of para-hydroxylation sites is 1. The molecule has 0 bridgehead atoms. The Labute approximate surface area is 148 Å². The highest BCUT2D eigenvalue weighted by Crippen LogP contribution is 2.36. The third kappa shape index (κ3) is 2.98. The fourth-order valence-electron chi connectivity index (χ4n) is 3.86. The first-order valence-corrected chi connectivity index (χ1v) is 8.83. The summed E-state index contributed by atoms with van der Waals surface area (Å²) in [5.74, 6) is 1.63. The van der Waals surface area contributed by atoms with Crippen LogP contribution in [0.1, 0.15) is 29.2 Å². The predicted molar refractivity (Wildman–Crippen MR) is 101 cm³/mol. The van der Waals surface area contributed by atoms with Gasteiger partial charge in [0, 0.05) is 23.1 Å². The number of nitrogens with one attached hydrogen (secondary N) is 2. The SMILES string of the molecule is COc1cc2c(cc1OC)[C@H](CCc1c[nH]c3ccccc13)NCC2. The van der Waals surface area contributed by atoms with Crippen LogP contribution in [0.2, 0.25) is 0 Å². The van der Waals surface area contributed by atoms with Crippen LogP contribution in [0, 0.1) is 0 Å². The van der Waals surface area contributed by atoms with Gasteiger partial charge in [0.05, 0.1) is 14.2 Å². The van der Waals surface area contributed by atoms with Crippen molar-refractivity contribution in [1.82, 2.24) is 10.3 Å². The third-order valence-corrected chi connectivity index (χ3v) is 5.18. The second-order valence-electron chi connectivity index (χ2n) is 6.56. The molecule has 0 saturated carbocycles. The molecule has 1 aliphatic heterocycles. The Morgan fingerprint density at radius 1 is 1.08 bits per heavy atom. The predicted octanol–water partition coefficient (Wildman–Crippen LogP) is 4.00. The molecule has 0 unspecified atom stereocenters. The standard InChI is InChI=1S/C21H24N2O2/c1-24-20-11-14-9-10-22-19(17(14)12-21(20)25-2)8-7-15-13-23-18-6-4-3-5-16(15)18/h3-6,11-13,19,22-23H,7-10H2,1-2H3/t19-/m0/s1. The normalized spacial score (nSPS) is 16.6. The second-order valence-corrected chi connectivity index (χ2v) is 6.56. The van der Waals surface area contributed by atoms with Crippen LogP contribution in [0.25, 0.3) is 10.9 Å². The Morgan fingerprint density at radius 2 is 1.88 bits per heavy atom. The van der Waals surface area contributed by atoms with E-state index in [4.69, 9.17) is 9.47 Å². The van der Waals surface area contributed by atoms with Gasteiger partial charge in [-0.1, -0.05) is 18.2 Å². The molecule has 130 valence electrons. The van der Waals surface area contributed by atoms with Gasteiger partial charge in [-0.05, 0) is 60.7 Å². The molecule has 0 aliphatic carbocycles. The first-order chi connectivity index (χ1) is 12.3. The topological polar surface area (TPSA) is 46.3 Å². The van der Waals surface area contributed by atoms with Crippen molar-refractivity contribution >= 4 is 10.9 Å². The van der Waals surface area contributed by atoms with E-state index in [0.29, 0.717) is 6.04 Å². The molecule has 0 radical (unpaired) electrons. The highest BCUT2D eigenvalue weighted by Gasteiger charge is 2.22. The zero-order valence-electron chi connectivity index (χ0n) is 14.8. The molecule has 0 amide bonds. The molecule has 0 fully saturated rings. The van der Waals surface area contributed by atoms with Crippen LogP contribution in [0.15, 0.2) is 42.6 Å². The van der Waals surface area contributed by atoms with Crippen molar-refractivity contribution in [3.05, 3.63) is 59.3 Å². The molecule has 4 heteroatoms. The maximum absolute atomic E-state index is 5.50. The van der Waals surface area contributed by atoms with Gasteiger partial charge in [-0.15, -0.1) is 0 Å². The zero-order chi connectivity index (χ0) is 17.2. The molecule has 1 aliphatic rings. The minimum absolute atomic E-state index is 0.345. The summed E-state index contributed by atoms with van der Waals surface area (Å²) in [6, 6.07) is 13.1. The Balaban J connectivity index is 1.58. The summed E-state index contributed by atoms with van der Waals surface area (Å²) in [5.41, 5.74) is 5.29. The first kappa shape index (κ1) is 16.0. The molecule has 4 nitrogen and oxygen atoms in total. The lowest BCUT2D eigenvalue weighted by molar-refractivity contribution is 0.351. The molecule has 0 spiro atoms. The molecule has 1 aromatic heterocycles. The average molecular weight is 336 g/mol. The van der Waals surface area contributed by atoms with Crippen molar-refractivity contribution in [3.63, 3.8) is 0 Å². The number of benzene rings is 2. The molecular formula is C21H24N2O2. The van der Waals surface area contributed by atoms with Gasteiger partial charge in [0.2, 0.25) is 0 Å². The highest BCUT2D eigenvalue weighted by molar-refractivity contribution is 5.83. The van der Waals surface area contributed by atoms with Crippen LogP contribution in [0.3, 0.4) is 0 Å². The lowest BCUT2D eigenvalue weighted by Crippen LogP contribution is -2.30. The molecule has 4 rings (SSSR count). The maximum Gasteiger partial charge on any atom is 0.161 e. The summed E-state index contributed by atoms with van der Waals surface area (Å²) < 4.78 is 11.0. The van der Waals surface area contributed by atoms with Crippen molar-refractivity contribution in [2.75, 3.05) is 20.8 Å². The summed E-state index contributed by atoms with van der Waals surface area (Å²) in [6.45, 7) is 1.00. The van der Waals surface area contributed by atoms with Crippen molar-refractivity contribution in [2.45, 2.75) is 25.3 Å². The molecule has 2 aromatic carbocycles. The Bertz CT molecular complexity index is 885. The maximum atomic E-state index is 5.50. The van der Waals surface area contributed by atoms with Gasteiger partial charge in [-0.2, -0.15) is 0 Å². The van der Waals surface area contributed by atoms with Gasteiger partial charge in [0.15, 0.2) is 11.5 Å². The van der Waals surface area contributed by atoms with Crippen molar-refractivity contribution in [3.8, 4) is 11.5 Å². The number of rotatable bonds is 5. The van der Waals surface area contributed by atoms with E-state index in [9.17, 15) is 0 Å². The van der Waals surface area contributed by atoms with E-state index in [-0.39, 0.29) is 0 Å². The lowest BCUT2D eigenvalue weighted by atomic mass is 9.90. The molecule has 2 heterocycles. The van der Waals surface area contributed by atoms with E-state index in [1.807, 2.05) is 0 Å². The third-order valence-electron chi connectivity index (χ3n) is 5.18. The smallest absolute Gasteiger partial charge is 0.161 e. The zero-order valence-corrected chi connectivity index (χ0v) is 14.8. The van der Waals surface area contributed by atoms with E-state index in [1.54, 1.807) is 14.2 Å². The second kappa shape index (κ2) is 6.81. The number of fused-ring (bicyclic) bond motifs is 2. The fraction of sp³-hybridized carbons (Fsp3) is 0.333. The summed E-state index contributed by atoms with van der Waals surface area (Å²) in [6.07, 6.45) is 5.27. The molecule has 0 saturated heterocycles. The van der Waals surface area contributed by atoms with Crippen molar-refractivity contribution in [2.24, 2.45) is 0 Å². The van der Waals surface area contributed by atoms with E-state index in [1.165, 1.54) is 27.6 Å². The van der Waals surface area contributed by atoms with E-state index in [2.05, 4.69) is 52.9 Å². The number of H-pyrrole nitrogens is 1. The Kier molecular flexibility index (Phi) is 4.36. The number of aromatic amines is 1. The van der Waals surface area contributed by atoms with Crippen LogP contribution < -0.4 is 14.8 Å². The van der Waals surface area contributed by atoms with Crippen molar-refractivity contribution < 1.29 is 9.47 Å². The first-order valence-electron chi connectivity index (χ1n) is 8.83. The van der Waals surface area contributed by atoms with Gasteiger partial charge in [0.1, 0.15) is 0 Å². The number of aromatic nitrogens is 1. The van der Waals surface area contributed by atoms with Gasteiger partial charge in [-0.3, -0.25) is 0 Å². The summed E-state index contributed by atoms with van der Waals surface area (Å²) >= 11 is 0. The number of ether oxygens (including phenoxy) is 2. The van der Waals surface area contributed by atoms with E-state index < -0.39 is 0 Å². The van der Waals surface area contributed by atoms with Gasteiger partial charge >= 0.3 is 0 Å². The highest BCUT2D eigenvalue weighted by atomic mass is 16.5. The van der Waals surface area contributed by atoms with Crippen molar-refractivity contribution in [1.29, 1.82) is 0 Å². The summed E-state index contributed by atoms with van der Waals surface area (Å²) in [5, 5.41) is 4.99. The Hall–Kier alpha value is -2.46. The van der Waals surface area contributed by atoms with Crippen LogP contribution in [0.5, 0.6) is 11.5 Å².